The Kier molecular flexibility index (Phi) is 19.7. The van der Waals surface area contributed by atoms with E-state index in [0.29, 0.717) is 0 Å². The van der Waals surface area contributed by atoms with E-state index in [0.717, 1.165) is 6.42 Å². The van der Waals surface area contributed by atoms with Crippen LogP contribution in [0, 0.1) is 5.41 Å². The van der Waals surface area contributed by atoms with E-state index in [1.54, 1.807) is 0 Å². The van der Waals surface area contributed by atoms with Gasteiger partial charge >= 0.3 is 0 Å². The average Bonchev–Trinajstić information content (AvgIpc) is 2.70. The van der Waals surface area contributed by atoms with Crippen LogP contribution >= 0.6 is 11.6 Å². The van der Waals surface area contributed by atoms with E-state index >= 15 is 0 Å². The molecule has 0 rings (SSSR count). The topological polar surface area (TPSA) is 0 Å². The molecule has 0 saturated carbocycles. The van der Waals surface area contributed by atoms with E-state index in [2.05, 4.69) is 40.3 Å². The number of rotatable bonds is 23. The Hall–Kier alpha value is 0.0300. The van der Waals surface area contributed by atoms with E-state index in [-0.39, 0.29) is 10.3 Å². The van der Waals surface area contributed by atoms with E-state index in [1.807, 2.05) is 0 Å². The fourth-order valence-electron chi connectivity index (χ4n) is 4.99. The van der Waals surface area contributed by atoms with Gasteiger partial charge in [-0.05, 0) is 38.5 Å². The van der Waals surface area contributed by atoms with Crippen LogP contribution in [0.15, 0.2) is 12.7 Å². The van der Waals surface area contributed by atoms with Gasteiger partial charge in [-0.25, -0.2) is 0 Å². The molecule has 0 aliphatic heterocycles. The van der Waals surface area contributed by atoms with Crippen molar-refractivity contribution in [2.75, 3.05) is 0 Å². The number of alkyl halides is 1. The molecule has 0 amide bonds. The van der Waals surface area contributed by atoms with Gasteiger partial charge in [-0.2, -0.15) is 0 Å². The Balaban J connectivity index is 4.20. The van der Waals surface area contributed by atoms with Crippen molar-refractivity contribution in [3.05, 3.63) is 12.7 Å². The maximum absolute atomic E-state index is 7.01. The summed E-state index contributed by atoms with van der Waals surface area (Å²) in [7, 11) is 0. The van der Waals surface area contributed by atoms with Crippen molar-refractivity contribution in [3.8, 4) is 0 Å². The third-order valence-corrected chi connectivity index (χ3v) is 7.71. The monoisotopic (exact) mass is 440 g/mol. The maximum Gasteiger partial charge on any atom is 0.0449 e. The van der Waals surface area contributed by atoms with Crippen molar-refractivity contribution in [1.29, 1.82) is 0 Å². The zero-order valence-corrected chi connectivity index (χ0v) is 22.3. The Morgan fingerprint density at radius 3 is 1.13 bits per heavy atom. The van der Waals surface area contributed by atoms with Gasteiger partial charge in [-0.15, -0.1) is 18.2 Å². The highest BCUT2D eigenvalue weighted by Gasteiger charge is 2.41. The predicted molar refractivity (Wildman–Crippen MR) is 141 cm³/mol. The smallest absolute Gasteiger partial charge is 0.0449 e. The van der Waals surface area contributed by atoms with Gasteiger partial charge in [0.2, 0.25) is 0 Å². The number of unbranched alkanes of at least 4 members (excludes halogenated alkanes) is 16. The molecule has 1 heteroatoms. The molecule has 0 aliphatic rings. The van der Waals surface area contributed by atoms with Crippen molar-refractivity contribution in [2.24, 2.45) is 5.41 Å². The molecule has 0 saturated heterocycles. The standard InChI is InChI=1S/C29H57Cl/c1-6-9-11-13-15-17-18-20-22-24-27-29(25-8-3,28(4,5)30)26-23-21-19-16-14-12-10-7-2/h8H,3,6-7,9-27H2,1-2,4-5H3. The molecule has 1 atom stereocenters. The van der Waals surface area contributed by atoms with Crippen LogP contribution in [-0.4, -0.2) is 4.87 Å². The summed E-state index contributed by atoms with van der Waals surface area (Å²) in [6, 6.07) is 0. The molecular formula is C29H57Cl. The minimum atomic E-state index is -0.151. The lowest BCUT2D eigenvalue weighted by Gasteiger charge is -2.43. The average molecular weight is 441 g/mol. The summed E-state index contributed by atoms with van der Waals surface area (Å²) in [6.45, 7) is 13.2. The zero-order chi connectivity index (χ0) is 22.6. The van der Waals surface area contributed by atoms with E-state index in [1.165, 1.54) is 128 Å². The number of halogens is 1. The van der Waals surface area contributed by atoms with Gasteiger partial charge in [0.05, 0.1) is 0 Å². The number of allylic oxidation sites excluding steroid dienone is 1. The van der Waals surface area contributed by atoms with E-state index in [9.17, 15) is 0 Å². The summed E-state index contributed by atoms with van der Waals surface area (Å²) < 4.78 is 0. The lowest BCUT2D eigenvalue weighted by Crippen LogP contribution is -2.39. The second-order valence-electron chi connectivity index (χ2n) is 10.4. The second kappa shape index (κ2) is 19.7. The molecular weight excluding hydrogens is 384 g/mol. The molecule has 30 heavy (non-hydrogen) atoms. The summed E-state index contributed by atoms with van der Waals surface area (Å²) in [6.07, 6.45) is 30.9. The summed E-state index contributed by atoms with van der Waals surface area (Å²) in [4.78, 5) is -0.151. The summed E-state index contributed by atoms with van der Waals surface area (Å²) in [5.41, 5.74) is 0.221. The highest BCUT2D eigenvalue weighted by Crippen LogP contribution is 2.48. The van der Waals surface area contributed by atoms with Crippen molar-refractivity contribution in [2.45, 2.75) is 167 Å². The predicted octanol–water partition coefficient (Wildman–Crippen LogP) is 11.4. The molecule has 0 aliphatic carbocycles. The minimum Gasteiger partial charge on any atom is -0.119 e. The van der Waals surface area contributed by atoms with Gasteiger partial charge in [0, 0.05) is 4.87 Å². The van der Waals surface area contributed by atoms with Gasteiger partial charge in [-0.1, -0.05) is 135 Å². The lowest BCUT2D eigenvalue weighted by atomic mass is 9.67. The molecule has 0 heterocycles. The maximum atomic E-state index is 7.01. The largest absolute Gasteiger partial charge is 0.119 e. The Morgan fingerprint density at radius 2 is 0.867 bits per heavy atom. The molecule has 0 radical (unpaired) electrons. The van der Waals surface area contributed by atoms with Crippen LogP contribution in [0.2, 0.25) is 0 Å². The van der Waals surface area contributed by atoms with E-state index < -0.39 is 0 Å². The SMILES string of the molecule is C=CCC(CCCCCCCCCC)(CCCCCCCCCCCC)C(C)(C)Cl. The zero-order valence-electron chi connectivity index (χ0n) is 21.5. The fraction of sp³-hybridized carbons (Fsp3) is 0.931. The van der Waals surface area contributed by atoms with Crippen LogP contribution in [0.5, 0.6) is 0 Å². The first kappa shape index (κ1) is 30.0. The summed E-state index contributed by atoms with van der Waals surface area (Å²) >= 11 is 7.01. The molecule has 0 aromatic heterocycles. The highest BCUT2D eigenvalue weighted by molar-refractivity contribution is 6.24. The third kappa shape index (κ3) is 14.9. The third-order valence-electron chi connectivity index (χ3n) is 7.31. The molecule has 0 aromatic rings. The normalized spacial score (nSPS) is 14.0. The van der Waals surface area contributed by atoms with Gasteiger partial charge < -0.3 is 0 Å². The molecule has 180 valence electrons. The van der Waals surface area contributed by atoms with Crippen molar-refractivity contribution >= 4 is 11.6 Å². The number of hydrogen-bond donors (Lipinski definition) is 0. The lowest BCUT2D eigenvalue weighted by molar-refractivity contribution is 0.165. The van der Waals surface area contributed by atoms with Crippen LogP contribution in [0.1, 0.15) is 163 Å². The van der Waals surface area contributed by atoms with Gasteiger partial charge in [-0.3, -0.25) is 0 Å². The molecule has 1 unspecified atom stereocenters. The van der Waals surface area contributed by atoms with Gasteiger partial charge in [0.25, 0.3) is 0 Å². The summed E-state index contributed by atoms with van der Waals surface area (Å²) in [5.74, 6) is 0. The van der Waals surface area contributed by atoms with Crippen LogP contribution in [0.4, 0.5) is 0 Å². The van der Waals surface area contributed by atoms with Crippen LogP contribution in [0.25, 0.3) is 0 Å². The van der Waals surface area contributed by atoms with Crippen molar-refractivity contribution in [1.82, 2.24) is 0 Å². The number of hydrogen-bond acceptors (Lipinski definition) is 0. The van der Waals surface area contributed by atoms with Crippen molar-refractivity contribution < 1.29 is 0 Å². The quantitative estimate of drug-likeness (QED) is 0.0840. The first-order chi connectivity index (χ1) is 14.4. The first-order valence-corrected chi connectivity index (χ1v) is 14.1. The minimum absolute atomic E-state index is 0.151. The van der Waals surface area contributed by atoms with Crippen molar-refractivity contribution in [3.63, 3.8) is 0 Å². The molecule has 0 N–H and O–H groups in total. The molecule has 0 fully saturated rings. The Bertz CT molecular complexity index is 367. The van der Waals surface area contributed by atoms with Crippen LogP contribution in [-0.2, 0) is 0 Å². The fourth-order valence-corrected chi connectivity index (χ4v) is 5.26. The molecule has 0 bridgehead atoms. The van der Waals surface area contributed by atoms with Crippen LogP contribution in [0.3, 0.4) is 0 Å². The van der Waals surface area contributed by atoms with Gasteiger partial charge in [0.1, 0.15) is 0 Å². The van der Waals surface area contributed by atoms with E-state index in [4.69, 9.17) is 11.6 Å². The van der Waals surface area contributed by atoms with Crippen LogP contribution < -0.4 is 0 Å². The molecule has 0 nitrogen and oxygen atoms in total. The second-order valence-corrected chi connectivity index (χ2v) is 11.3. The molecule has 0 spiro atoms. The molecule has 0 aromatic carbocycles. The summed E-state index contributed by atoms with van der Waals surface area (Å²) in [5, 5.41) is 0. The first-order valence-electron chi connectivity index (χ1n) is 13.7. The highest BCUT2D eigenvalue weighted by atomic mass is 35.5. The Morgan fingerprint density at radius 1 is 0.567 bits per heavy atom. The van der Waals surface area contributed by atoms with Gasteiger partial charge in [0.15, 0.2) is 0 Å². The Labute approximate surface area is 197 Å².